The Hall–Kier alpha value is -1.15. The second kappa shape index (κ2) is 5.69. The molecule has 20 heavy (non-hydrogen) atoms. The third-order valence-corrected chi connectivity index (χ3v) is 2.80. The van der Waals surface area contributed by atoms with Crippen LogP contribution in [0.3, 0.4) is 0 Å². The highest BCUT2D eigenvalue weighted by Crippen LogP contribution is 2.35. The van der Waals surface area contributed by atoms with E-state index in [0.29, 0.717) is 18.3 Å². The van der Waals surface area contributed by atoms with Crippen LogP contribution in [0.5, 0.6) is 0 Å². The first-order chi connectivity index (χ1) is 9.28. The van der Waals surface area contributed by atoms with Crippen molar-refractivity contribution in [3.05, 3.63) is 23.7 Å². The van der Waals surface area contributed by atoms with Gasteiger partial charge < -0.3 is 14.5 Å². The van der Waals surface area contributed by atoms with E-state index in [0.717, 1.165) is 12.8 Å². The molecule has 0 radical (unpaired) electrons. The zero-order valence-corrected chi connectivity index (χ0v) is 10.5. The van der Waals surface area contributed by atoms with Crippen LogP contribution >= 0.6 is 0 Å². The smallest absolute Gasteiger partial charge is 0.455 e. The zero-order valence-electron chi connectivity index (χ0n) is 10.5. The predicted molar refractivity (Wildman–Crippen MR) is 59.2 cm³/mol. The van der Waals surface area contributed by atoms with Crippen LogP contribution in [-0.4, -0.2) is 24.7 Å². The molecule has 3 nitrogen and oxygen atoms in total. The van der Waals surface area contributed by atoms with Crippen molar-refractivity contribution in [3.8, 4) is 0 Å². The third-order valence-electron chi connectivity index (χ3n) is 2.80. The molecule has 0 atom stereocenters. The summed E-state index contributed by atoms with van der Waals surface area (Å²) in [7, 11) is 0. The molecule has 0 amide bonds. The van der Waals surface area contributed by atoms with Gasteiger partial charge in [-0.25, -0.2) is 0 Å². The Morgan fingerprint density at radius 3 is 2.40 bits per heavy atom. The molecule has 1 aliphatic carbocycles. The standard InChI is InChI=1S/C12H14F5NO2/c13-11(14,12(15,16)17)7-19-6-10-4-3-9(20-10)5-18-8-1-2-8/h3-4,8,18H,1-2,5-7H2. The average molecular weight is 299 g/mol. The van der Waals surface area contributed by atoms with Crippen LogP contribution in [0, 0.1) is 0 Å². The summed E-state index contributed by atoms with van der Waals surface area (Å²) in [5, 5.41) is 3.18. The molecule has 1 saturated carbocycles. The molecular formula is C12H14F5NO2. The number of hydrogen-bond donors (Lipinski definition) is 1. The molecule has 1 fully saturated rings. The minimum absolute atomic E-state index is 0.218. The fraction of sp³-hybridized carbons (Fsp3) is 0.667. The van der Waals surface area contributed by atoms with E-state index in [4.69, 9.17) is 4.42 Å². The molecule has 1 aliphatic rings. The number of hydrogen-bond acceptors (Lipinski definition) is 3. The Labute approximate surface area is 112 Å². The maximum absolute atomic E-state index is 12.6. The van der Waals surface area contributed by atoms with Gasteiger partial charge in [0.05, 0.1) is 6.54 Å². The SMILES string of the molecule is FC(F)(F)C(F)(F)COCc1ccc(CNC2CC2)o1. The summed E-state index contributed by atoms with van der Waals surface area (Å²) in [6.45, 7) is -1.63. The number of rotatable bonds is 7. The van der Waals surface area contributed by atoms with Crippen molar-refractivity contribution in [3.63, 3.8) is 0 Å². The predicted octanol–water partition coefficient (Wildman–Crippen LogP) is 3.25. The largest absolute Gasteiger partial charge is 0.462 e. The molecule has 0 aromatic carbocycles. The van der Waals surface area contributed by atoms with Crippen molar-refractivity contribution < 1.29 is 31.1 Å². The van der Waals surface area contributed by atoms with E-state index in [9.17, 15) is 22.0 Å². The number of alkyl halides is 5. The van der Waals surface area contributed by atoms with Gasteiger partial charge in [-0.3, -0.25) is 0 Å². The molecule has 1 aromatic heterocycles. The molecule has 1 N–H and O–H groups in total. The molecule has 0 spiro atoms. The summed E-state index contributed by atoms with van der Waals surface area (Å²) in [5.41, 5.74) is 0. The van der Waals surface area contributed by atoms with Gasteiger partial charge in [-0.2, -0.15) is 22.0 Å². The lowest BCUT2D eigenvalue weighted by Gasteiger charge is -2.18. The van der Waals surface area contributed by atoms with Crippen LogP contribution in [0.2, 0.25) is 0 Å². The summed E-state index contributed by atoms with van der Waals surface area (Å²) in [4.78, 5) is 0. The summed E-state index contributed by atoms with van der Waals surface area (Å²) < 4.78 is 70.4. The van der Waals surface area contributed by atoms with E-state index >= 15 is 0 Å². The number of furan rings is 1. The molecule has 0 saturated heterocycles. The van der Waals surface area contributed by atoms with Crippen LogP contribution in [0.25, 0.3) is 0 Å². The molecular weight excluding hydrogens is 285 g/mol. The highest BCUT2D eigenvalue weighted by Gasteiger charge is 2.57. The second-order valence-electron chi connectivity index (χ2n) is 4.72. The van der Waals surface area contributed by atoms with Crippen LogP contribution in [0.1, 0.15) is 24.4 Å². The molecule has 1 aromatic rings. The van der Waals surface area contributed by atoms with Gasteiger partial charge >= 0.3 is 12.1 Å². The van der Waals surface area contributed by atoms with Gasteiger partial charge in [-0.15, -0.1) is 0 Å². The van der Waals surface area contributed by atoms with E-state index in [1.54, 1.807) is 6.07 Å². The molecule has 8 heteroatoms. The van der Waals surface area contributed by atoms with Gasteiger partial charge in [0.15, 0.2) is 0 Å². The van der Waals surface area contributed by atoms with Gasteiger partial charge in [0.25, 0.3) is 0 Å². The molecule has 1 heterocycles. The summed E-state index contributed by atoms with van der Waals surface area (Å²) in [6, 6.07) is 3.62. The highest BCUT2D eigenvalue weighted by atomic mass is 19.4. The topological polar surface area (TPSA) is 34.4 Å². The van der Waals surface area contributed by atoms with Crippen LogP contribution in [0.4, 0.5) is 22.0 Å². The van der Waals surface area contributed by atoms with Crippen LogP contribution in [0.15, 0.2) is 16.5 Å². The van der Waals surface area contributed by atoms with Crippen molar-refractivity contribution in [2.45, 2.75) is 44.1 Å². The Morgan fingerprint density at radius 2 is 1.80 bits per heavy atom. The van der Waals surface area contributed by atoms with Crippen molar-refractivity contribution in [2.75, 3.05) is 6.61 Å². The Kier molecular flexibility index (Phi) is 4.33. The van der Waals surface area contributed by atoms with Crippen molar-refractivity contribution in [1.29, 1.82) is 0 Å². The van der Waals surface area contributed by atoms with E-state index in [1.807, 2.05) is 0 Å². The first-order valence-corrected chi connectivity index (χ1v) is 6.11. The second-order valence-corrected chi connectivity index (χ2v) is 4.72. The average Bonchev–Trinajstić information content (AvgIpc) is 3.05. The highest BCUT2D eigenvalue weighted by molar-refractivity contribution is 5.06. The van der Waals surface area contributed by atoms with Gasteiger partial charge in [-0.05, 0) is 25.0 Å². The Morgan fingerprint density at radius 1 is 1.15 bits per heavy atom. The van der Waals surface area contributed by atoms with Crippen molar-refractivity contribution in [2.24, 2.45) is 0 Å². The molecule has 114 valence electrons. The normalized spacial score (nSPS) is 16.6. The van der Waals surface area contributed by atoms with Crippen LogP contribution in [-0.2, 0) is 17.9 Å². The summed E-state index contributed by atoms with van der Waals surface area (Å²) in [6.07, 6.45) is -3.37. The third kappa shape index (κ3) is 4.17. The maximum atomic E-state index is 12.6. The minimum atomic E-state index is -5.60. The number of halogens is 5. The van der Waals surface area contributed by atoms with Gasteiger partial charge in [0.2, 0.25) is 0 Å². The molecule has 0 bridgehead atoms. The van der Waals surface area contributed by atoms with Gasteiger partial charge in [-0.1, -0.05) is 0 Å². The van der Waals surface area contributed by atoms with Crippen LogP contribution < -0.4 is 5.32 Å². The van der Waals surface area contributed by atoms with Crippen molar-refractivity contribution >= 4 is 0 Å². The van der Waals surface area contributed by atoms with E-state index in [1.165, 1.54) is 6.07 Å². The number of nitrogens with one attached hydrogen (secondary N) is 1. The fourth-order valence-corrected chi connectivity index (χ4v) is 1.49. The lowest BCUT2D eigenvalue weighted by Crippen LogP contribution is -2.40. The Balaban J connectivity index is 1.73. The lowest BCUT2D eigenvalue weighted by atomic mass is 10.3. The minimum Gasteiger partial charge on any atom is -0.462 e. The first kappa shape index (κ1) is 15.2. The van der Waals surface area contributed by atoms with E-state index in [-0.39, 0.29) is 5.76 Å². The molecule has 0 aliphatic heterocycles. The van der Waals surface area contributed by atoms with Crippen molar-refractivity contribution in [1.82, 2.24) is 5.32 Å². The van der Waals surface area contributed by atoms with E-state index in [2.05, 4.69) is 10.1 Å². The summed E-state index contributed by atoms with van der Waals surface area (Å²) >= 11 is 0. The van der Waals surface area contributed by atoms with Gasteiger partial charge in [0, 0.05) is 6.04 Å². The molecule has 2 rings (SSSR count). The maximum Gasteiger partial charge on any atom is 0.455 e. The fourth-order valence-electron chi connectivity index (χ4n) is 1.49. The number of ether oxygens (including phenoxy) is 1. The quantitative estimate of drug-likeness (QED) is 0.785. The zero-order chi connectivity index (χ0) is 14.8. The first-order valence-electron chi connectivity index (χ1n) is 6.11. The van der Waals surface area contributed by atoms with E-state index < -0.39 is 25.3 Å². The lowest BCUT2D eigenvalue weighted by molar-refractivity contribution is -0.297. The molecule has 0 unspecified atom stereocenters. The van der Waals surface area contributed by atoms with Gasteiger partial charge in [0.1, 0.15) is 24.7 Å². The monoisotopic (exact) mass is 299 g/mol. The summed E-state index contributed by atoms with van der Waals surface area (Å²) in [5.74, 6) is -4.04. The Bertz CT molecular complexity index is 439.